The number of carbonyl (C=O) groups excluding carboxylic acids is 1. The average molecular weight is 190 g/mol. The maximum Gasteiger partial charge on any atom is 0.272 e. The minimum Gasteiger partial charge on any atom is -0.267 e. The Hall–Kier alpha value is -1.38. The average Bonchev–Trinajstić information content (AvgIpc) is 2.51. The zero-order valence-corrected chi connectivity index (χ0v) is 8.29. The standard InChI is InChI=1S/C11H14N2O/c1-8-10(11(14)13-12-8)7-9-5-3-2-4-6-9/h2-3,7,9H,4-6H2,1H3,(H,13,14). The Kier molecular flexibility index (Phi) is 2.48. The Morgan fingerprint density at radius 3 is 3.00 bits per heavy atom. The van der Waals surface area contributed by atoms with E-state index in [1.54, 1.807) is 0 Å². The second-order valence-electron chi connectivity index (χ2n) is 3.76. The summed E-state index contributed by atoms with van der Waals surface area (Å²) in [6.45, 7) is 1.86. The number of nitrogens with one attached hydrogen (secondary N) is 1. The van der Waals surface area contributed by atoms with Crippen LogP contribution in [0.4, 0.5) is 0 Å². The fourth-order valence-electron chi connectivity index (χ4n) is 1.82. The van der Waals surface area contributed by atoms with Crippen LogP contribution in [0, 0.1) is 5.92 Å². The SMILES string of the molecule is CC1=NNC(=O)C1=CC1CC=CCC1. The second kappa shape index (κ2) is 3.78. The molecule has 2 rings (SSSR count). The molecule has 0 bridgehead atoms. The normalized spacial score (nSPS) is 29.2. The quantitative estimate of drug-likeness (QED) is 0.497. The molecule has 1 N–H and O–H groups in total. The van der Waals surface area contributed by atoms with Gasteiger partial charge in [0.15, 0.2) is 0 Å². The van der Waals surface area contributed by atoms with Crippen molar-refractivity contribution in [2.45, 2.75) is 26.2 Å². The molecule has 1 atom stereocenters. The molecule has 0 saturated heterocycles. The van der Waals surface area contributed by atoms with Crippen LogP contribution in [0.15, 0.2) is 28.9 Å². The molecule has 3 nitrogen and oxygen atoms in total. The summed E-state index contributed by atoms with van der Waals surface area (Å²) in [6.07, 6.45) is 9.75. The summed E-state index contributed by atoms with van der Waals surface area (Å²) >= 11 is 0. The molecule has 1 amide bonds. The van der Waals surface area contributed by atoms with Crippen LogP contribution in [0.5, 0.6) is 0 Å². The highest BCUT2D eigenvalue weighted by atomic mass is 16.2. The molecular formula is C11H14N2O. The molecule has 14 heavy (non-hydrogen) atoms. The number of hydrogen-bond donors (Lipinski definition) is 1. The second-order valence-corrected chi connectivity index (χ2v) is 3.76. The fourth-order valence-corrected chi connectivity index (χ4v) is 1.82. The van der Waals surface area contributed by atoms with Crippen LogP contribution in [0.25, 0.3) is 0 Å². The van der Waals surface area contributed by atoms with E-state index in [-0.39, 0.29) is 5.91 Å². The third kappa shape index (κ3) is 1.76. The van der Waals surface area contributed by atoms with Crippen LogP contribution >= 0.6 is 0 Å². The van der Waals surface area contributed by atoms with Crippen molar-refractivity contribution in [1.29, 1.82) is 0 Å². The zero-order chi connectivity index (χ0) is 9.97. The van der Waals surface area contributed by atoms with Crippen LogP contribution in [0.2, 0.25) is 0 Å². The van der Waals surface area contributed by atoms with Crippen molar-refractivity contribution >= 4 is 11.6 Å². The maximum atomic E-state index is 11.3. The molecule has 0 radical (unpaired) electrons. The summed E-state index contributed by atoms with van der Waals surface area (Å²) in [5.41, 5.74) is 4.04. The van der Waals surface area contributed by atoms with Gasteiger partial charge in [0.25, 0.3) is 5.91 Å². The molecule has 3 heteroatoms. The largest absolute Gasteiger partial charge is 0.272 e. The first-order chi connectivity index (χ1) is 6.77. The summed E-state index contributed by atoms with van der Waals surface area (Å²) in [4.78, 5) is 11.3. The van der Waals surface area contributed by atoms with Crippen molar-refractivity contribution in [3.05, 3.63) is 23.8 Å². The molecular weight excluding hydrogens is 176 g/mol. The number of hydrogen-bond acceptors (Lipinski definition) is 2. The summed E-state index contributed by atoms with van der Waals surface area (Å²) in [5.74, 6) is 0.445. The number of nitrogens with zero attached hydrogens (tertiary/aromatic N) is 1. The van der Waals surface area contributed by atoms with Gasteiger partial charge in [-0.15, -0.1) is 0 Å². The lowest BCUT2D eigenvalue weighted by Crippen LogP contribution is -2.14. The fraction of sp³-hybridized carbons (Fsp3) is 0.455. The number of allylic oxidation sites excluding steroid dienone is 3. The monoisotopic (exact) mass is 190 g/mol. The van der Waals surface area contributed by atoms with Gasteiger partial charge in [0.05, 0.1) is 11.3 Å². The van der Waals surface area contributed by atoms with Crippen LogP contribution in [0.1, 0.15) is 26.2 Å². The van der Waals surface area contributed by atoms with Crippen LogP contribution in [0.3, 0.4) is 0 Å². The van der Waals surface area contributed by atoms with Crippen molar-refractivity contribution in [1.82, 2.24) is 5.43 Å². The van der Waals surface area contributed by atoms with Gasteiger partial charge >= 0.3 is 0 Å². The van der Waals surface area contributed by atoms with E-state index in [4.69, 9.17) is 0 Å². The van der Waals surface area contributed by atoms with E-state index >= 15 is 0 Å². The molecule has 0 aromatic heterocycles. The van der Waals surface area contributed by atoms with Gasteiger partial charge in [-0.3, -0.25) is 4.79 Å². The van der Waals surface area contributed by atoms with Crippen molar-refractivity contribution < 1.29 is 4.79 Å². The first-order valence-electron chi connectivity index (χ1n) is 4.99. The Labute approximate surface area is 83.6 Å². The number of amides is 1. The number of carbonyl (C=O) groups is 1. The molecule has 1 aliphatic heterocycles. The topological polar surface area (TPSA) is 41.5 Å². The smallest absolute Gasteiger partial charge is 0.267 e. The number of rotatable bonds is 1. The molecule has 2 aliphatic rings. The van der Waals surface area contributed by atoms with Crippen molar-refractivity contribution in [2.24, 2.45) is 11.0 Å². The van der Waals surface area contributed by atoms with Gasteiger partial charge in [-0.2, -0.15) is 5.10 Å². The van der Waals surface area contributed by atoms with E-state index in [1.165, 1.54) is 0 Å². The first kappa shape index (κ1) is 9.19. The highest BCUT2D eigenvalue weighted by Crippen LogP contribution is 2.22. The predicted octanol–water partition coefficient (Wildman–Crippen LogP) is 1.77. The lowest BCUT2D eigenvalue weighted by atomic mass is 9.91. The van der Waals surface area contributed by atoms with E-state index in [0.29, 0.717) is 5.92 Å². The number of hydrazone groups is 1. The molecule has 1 heterocycles. The van der Waals surface area contributed by atoms with Crippen LogP contribution < -0.4 is 5.43 Å². The summed E-state index contributed by atoms with van der Waals surface area (Å²) in [7, 11) is 0. The first-order valence-corrected chi connectivity index (χ1v) is 4.99. The molecule has 0 fully saturated rings. The Morgan fingerprint density at radius 1 is 1.57 bits per heavy atom. The van der Waals surface area contributed by atoms with Gasteiger partial charge in [-0.05, 0) is 32.1 Å². The third-order valence-electron chi connectivity index (χ3n) is 2.67. The third-order valence-corrected chi connectivity index (χ3v) is 2.67. The van der Waals surface area contributed by atoms with E-state index in [1.807, 2.05) is 6.92 Å². The van der Waals surface area contributed by atoms with Gasteiger partial charge in [-0.25, -0.2) is 5.43 Å². The van der Waals surface area contributed by atoms with Gasteiger partial charge in [0, 0.05) is 0 Å². The summed E-state index contributed by atoms with van der Waals surface area (Å²) in [6, 6.07) is 0. The lowest BCUT2D eigenvalue weighted by Gasteiger charge is -2.13. The lowest BCUT2D eigenvalue weighted by molar-refractivity contribution is -0.116. The van der Waals surface area contributed by atoms with Crippen molar-refractivity contribution in [3.63, 3.8) is 0 Å². The van der Waals surface area contributed by atoms with Gasteiger partial charge in [0.2, 0.25) is 0 Å². The molecule has 0 saturated carbocycles. The molecule has 1 unspecified atom stereocenters. The maximum absolute atomic E-state index is 11.3. The highest BCUT2D eigenvalue weighted by Gasteiger charge is 2.20. The van der Waals surface area contributed by atoms with Gasteiger partial charge in [-0.1, -0.05) is 18.2 Å². The molecule has 74 valence electrons. The molecule has 0 aromatic carbocycles. The predicted molar refractivity (Wildman–Crippen MR) is 55.8 cm³/mol. The Bertz CT molecular complexity index is 339. The zero-order valence-electron chi connectivity index (χ0n) is 8.29. The molecule has 0 spiro atoms. The minimum atomic E-state index is -0.0583. The van der Waals surface area contributed by atoms with Gasteiger partial charge < -0.3 is 0 Å². The summed E-state index contributed by atoms with van der Waals surface area (Å²) < 4.78 is 0. The molecule has 1 aliphatic carbocycles. The van der Waals surface area contributed by atoms with Gasteiger partial charge in [0.1, 0.15) is 0 Å². The van der Waals surface area contributed by atoms with Crippen molar-refractivity contribution in [3.8, 4) is 0 Å². The highest BCUT2D eigenvalue weighted by molar-refractivity contribution is 6.23. The Balaban J connectivity index is 2.13. The van der Waals surface area contributed by atoms with E-state index in [0.717, 1.165) is 30.5 Å². The van der Waals surface area contributed by atoms with E-state index < -0.39 is 0 Å². The van der Waals surface area contributed by atoms with Crippen LogP contribution in [-0.2, 0) is 4.79 Å². The van der Waals surface area contributed by atoms with Crippen LogP contribution in [-0.4, -0.2) is 11.6 Å². The minimum absolute atomic E-state index is 0.0583. The van der Waals surface area contributed by atoms with E-state index in [2.05, 4.69) is 28.8 Å². The molecule has 0 aromatic rings. The van der Waals surface area contributed by atoms with Crippen molar-refractivity contribution in [2.75, 3.05) is 0 Å². The Morgan fingerprint density at radius 2 is 2.43 bits per heavy atom. The van der Waals surface area contributed by atoms with E-state index in [9.17, 15) is 4.79 Å². The summed E-state index contributed by atoms with van der Waals surface area (Å²) in [5, 5.41) is 3.89.